The number of hydrogen-bond donors (Lipinski definition) is 1. The minimum atomic E-state index is -4.92. The van der Waals surface area contributed by atoms with Crippen molar-refractivity contribution in [3.05, 3.63) is 95.3 Å². The van der Waals surface area contributed by atoms with Crippen LogP contribution in [0.1, 0.15) is 15.9 Å². The van der Waals surface area contributed by atoms with Gasteiger partial charge in [0.15, 0.2) is 0 Å². The van der Waals surface area contributed by atoms with Crippen LogP contribution in [-0.4, -0.2) is 29.6 Å². The Kier molecular flexibility index (Phi) is 7.44. The van der Waals surface area contributed by atoms with Crippen molar-refractivity contribution in [1.29, 1.82) is 0 Å². The van der Waals surface area contributed by atoms with Crippen LogP contribution in [0, 0.1) is 17.5 Å². The van der Waals surface area contributed by atoms with E-state index in [0.29, 0.717) is 6.07 Å². The molecule has 0 saturated carbocycles. The van der Waals surface area contributed by atoms with Crippen molar-refractivity contribution in [1.82, 2.24) is 4.90 Å². The Morgan fingerprint density at radius 2 is 1.50 bits per heavy atom. The summed E-state index contributed by atoms with van der Waals surface area (Å²) in [6.07, 6.45) is -4.92. The number of ether oxygens (including phenoxy) is 1. The summed E-state index contributed by atoms with van der Waals surface area (Å²) in [4.78, 5) is 26.4. The van der Waals surface area contributed by atoms with E-state index in [1.807, 2.05) is 0 Å². The number of benzene rings is 3. The molecule has 0 unspecified atom stereocenters. The zero-order chi connectivity index (χ0) is 24.9. The zero-order valence-electron chi connectivity index (χ0n) is 17.2. The van der Waals surface area contributed by atoms with Gasteiger partial charge in [-0.3, -0.25) is 9.59 Å². The predicted octanol–water partition coefficient (Wildman–Crippen LogP) is 5.28. The van der Waals surface area contributed by atoms with Gasteiger partial charge in [0.2, 0.25) is 5.91 Å². The third kappa shape index (κ3) is 7.26. The molecular weight excluding hydrogens is 466 g/mol. The molecular formula is C23H16F6N2O3. The molecule has 0 aliphatic carbocycles. The molecule has 0 aromatic heterocycles. The molecule has 3 aromatic rings. The lowest BCUT2D eigenvalue weighted by Crippen LogP contribution is -2.37. The summed E-state index contributed by atoms with van der Waals surface area (Å²) in [6.45, 7) is -1.00. The molecule has 3 rings (SSSR count). The van der Waals surface area contributed by atoms with Gasteiger partial charge in [-0.2, -0.15) is 0 Å². The normalized spacial score (nSPS) is 11.1. The number of amides is 2. The molecule has 0 heterocycles. The van der Waals surface area contributed by atoms with E-state index < -0.39 is 54.5 Å². The molecule has 5 nitrogen and oxygen atoms in total. The highest BCUT2D eigenvalue weighted by Crippen LogP contribution is 2.23. The number of hydrogen-bond acceptors (Lipinski definition) is 3. The van der Waals surface area contributed by atoms with Gasteiger partial charge in [0, 0.05) is 23.9 Å². The van der Waals surface area contributed by atoms with Gasteiger partial charge in [-0.25, -0.2) is 13.2 Å². The maximum Gasteiger partial charge on any atom is 0.573 e. The second-order valence-corrected chi connectivity index (χ2v) is 7.07. The van der Waals surface area contributed by atoms with Crippen LogP contribution in [0.5, 0.6) is 5.75 Å². The fourth-order valence-electron chi connectivity index (χ4n) is 3.04. The molecule has 3 aromatic carbocycles. The highest BCUT2D eigenvalue weighted by molar-refractivity contribution is 5.99. The maximum absolute atomic E-state index is 13.6. The quantitative estimate of drug-likeness (QED) is 0.466. The first-order valence-corrected chi connectivity index (χ1v) is 9.64. The van der Waals surface area contributed by atoms with Gasteiger partial charge in [-0.15, -0.1) is 13.2 Å². The molecule has 2 amide bonds. The number of halogens is 6. The molecule has 0 spiro atoms. The van der Waals surface area contributed by atoms with Crippen LogP contribution in [0.3, 0.4) is 0 Å². The smallest absolute Gasteiger partial charge is 0.406 e. The van der Waals surface area contributed by atoms with E-state index in [2.05, 4.69) is 10.1 Å². The van der Waals surface area contributed by atoms with Crippen LogP contribution in [0.15, 0.2) is 66.7 Å². The predicted molar refractivity (Wildman–Crippen MR) is 109 cm³/mol. The molecule has 1 N–H and O–H groups in total. The minimum Gasteiger partial charge on any atom is -0.406 e. The third-order valence-corrected chi connectivity index (χ3v) is 4.36. The van der Waals surface area contributed by atoms with E-state index in [9.17, 15) is 35.9 Å². The van der Waals surface area contributed by atoms with Gasteiger partial charge in [-0.1, -0.05) is 6.07 Å². The van der Waals surface area contributed by atoms with Crippen molar-refractivity contribution in [2.45, 2.75) is 12.9 Å². The lowest BCUT2D eigenvalue weighted by atomic mass is 10.1. The van der Waals surface area contributed by atoms with Crippen molar-refractivity contribution in [2.75, 3.05) is 11.9 Å². The van der Waals surface area contributed by atoms with Crippen LogP contribution in [-0.2, 0) is 11.3 Å². The van der Waals surface area contributed by atoms with Gasteiger partial charge in [-0.05, 0) is 60.2 Å². The van der Waals surface area contributed by atoms with E-state index in [1.165, 1.54) is 12.1 Å². The first kappa shape index (κ1) is 24.6. The summed E-state index contributed by atoms with van der Waals surface area (Å²) in [6, 6.07) is 11.5. The van der Waals surface area contributed by atoms with Gasteiger partial charge < -0.3 is 15.0 Å². The number of anilines is 1. The second-order valence-electron chi connectivity index (χ2n) is 7.07. The highest BCUT2D eigenvalue weighted by Gasteiger charge is 2.31. The molecule has 0 fully saturated rings. The maximum atomic E-state index is 13.6. The van der Waals surface area contributed by atoms with Crippen LogP contribution in [0.2, 0.25) is 0 Å². The molecule has 0 aliphatic heterocycles. The van der Waals surface area contributed by atoms with Gasteiger partial charge in [0.1, 0.15) is 29.7 Å². The highest BCUT2D eigenvalue weighted by atomic mass is 19.4. The number of nitrogens with zero attached hydrogens (tertiary/aromatic N) is 1. The molecule has 0 bridgehead atoms. The van der Waals surface area contributed by atoms with Gasteiger partial charge in [0.05, 0.1) is 0 Å². The number of carbonyl (C=O) groups is 2. The van der Waals surface area contributed by atoms with E-state index >= 15 is 0 Å². The monoisotopic (exact) mass is 482 g/mol. The second kappa shape index (κ2) is 10.3. The van der Waals surface area contributed by atoms with Crippen molar-refractivity contribution in [3.63, 3.8) is 0 Å². The molecule has 178 valence electrons. The van der Waals surface area contributed by atoms with Crippen molar-refractivity contribution >= 4 is 17.5 Å². The Morgan fingerprint density at radius 3 is 2.09 bits per heavy atom. The van der Waals surface area contributed by atoms with E-state index in [1.54, 1.807) is 0 Å². The van der Waals surface area contributed by atoms with E-state index in [0.717, 1.165) is 53.4 Å². The third-order valence-electron chi connectivity index (χ3n) is 4.36. The standard InChI is InChI=1S/C23H16F6N2O3/c24-16-2-1-3-19(11-16)30-21(32)13-31(12-14-8-17(25)10-18(26)9-14)22(33)15-4-6-20(7-5-15)34-23(27,28)29/h1-11H,12-13H2,(H,30,32). The number of rotatable bonds is 7. The average Bonchev–Trinajstić information content (AvgIpc) is 2.71. The van der Waals surface area contributed by atoms with Crippen molar-refractivity contribution in [2.24, 2.45) is 0 Å². The first-order chi connectivity index (χ1) is 16.0. The van der Waals surface area contributed by atoms with Gasteiger partial charge in [0.25, 0.3) is 5.91 Å². The summed E-state index contributed by atoms with van der Waals surface area (Å²) < 4.78 is 81.4. The Labute approximate surface area is 189 Å². The Hall–Kier alpha value is -4.02. The van der Waals surface area contributed by atoms with Gasteiger partial charge >= 0.3 is 6.36 Å². The van der Waals surface area contributed by atoms with Crippen molar-refractivity contribution < 1.29 is 40.7 Å². The summed E-state index contributed by atoms with van der Waals surface area (Å²) in [5.41, 5.74) is 0.0363. The first-order valence-electron chi connectivity index (χ1n) is 9.64. The fraction of sp³-hybridized carbons (Fsp3) is 0.130. The molecule has 11 heteroatoms. The Morgan fingerprint density at radius 1 is 0.853 bits per heavy atom. The number of nitrogens with one attached hydrogen (secondary N) is 1. The lowest BCUT2D eigenvalue weighted by Gasteiger charge is -2.23. The molecule has 0 aliphatic rings. The van der Waals surface area contributed by atoms with E-state index in [4.69, 9.17) is 0 Å². The van der Waals surface area contributed by atoms with Crippen LogP contribution in [0.4, 0.5) is 32.0 Å². The summed E-state index contributed by atoms with van der Waals surface area (Å²) in [7, 11) is 0. The van der Waals surface area contributed by atoms with Crippen molar-refractivity contribution in [3.8, 4) is 5.75 Å². The fourth-order valence-corrected chi connectivity index (χ4v) is 3.04. The molecule has 0 atom stereocenters. The zero-order valence-corrected chi connectivity index (χ0v) is 17.2. The minimum absolute atomic E-state index is 0.0291. The molecule has 0 radical (unpaired) electrons. The summed E-state index contributed by atoms with van der Waals surface area (Å²) >= 11 is 0. The topological polar surface area (TPSA) is 58.6 Å². The average molecular weight is 482 g/mol. The Bertz CT molecular complexity index is 1160. The molecule has 34 heavy (non-hydrogen) atoms. The summed E-state index contributed by atoms with van der Waals surface area (Å²) in [5.74, 6) is -4.53. The van der Waals surface area contributed by atoms with E-state index in [-0.39, 0.29) is 16.8 Å². The largest absolute Gasteiger partial charge is 0.573 e. The van der Waals surface area contributed by atoms with Crippen LogP contribution in [0.25, 0.3) is 0 Å². The number of carbonyl (C=O) groups excluding carboxylic acids is 2. The van der Waals surface area contributed by atoms with Crippen LogP contribution < -0.4 is 10.1 Å². The molecule has 0 saturated heterocycles. The van der Waals surface area contributed by atoms with Crippen LogP contribution >= 0.6 is 0 Å². The lowest BCUT2D eigenvalue weighted by molar-refractivity contribution is -0.274. The summed E-state index contributed by atoms with van der Waals surface area (Å²) in [5, 5.41) is 2.40. The number of alkyl halides is 3. The SMILES string of the molecule is O=C(CN(Cc1cc(F)cc(F)c1)C(=O)c1ccc(OC(F)(F)F)cc1)Nc1cccc(F)c1. The Balaban J connectivity index is 1.82.